The fourth-order valence-corrected chi connectivity index (χ4v) is 3.19. The lowest BCUT2D eigenvalue weighted by Gasteiger charge is -2.25. The Kier molecular flexibility index (Phi) is 5.14. The maximum Gasteiger partial charge on any atom is 0.251 e. The molecule has 2 N–H and O–H groups in total. The predicted octanol–water partition coefficient (Wildman–Crippen LogP) is 2.34. The van der Waals surface area contributed by atoms with Crippen molar-refractivity contribution in [2.24, 2.45) is 5.41 Å². The zero-order valence-electron chi connectivity index (χ0n) is 17.0. The van der Waals surface area contributed by atoms with Crippen LogP contribution in [-0.2, 0) is 19.0 Å². The van der Waals surface area contributed by atoms with Gasteiger partial charge in [-0.15, -0.1) is 0 Å². The van der Waals surface area contributed by atoms with E-state index >= 15 is 0 Å². The molecule has 2 aliphatic rings. The molecule has 0 saturated carbocycles. The zero-order valence-corrected chi connectivity index (χ0v) is 17.0. The van der Waals surface area contributed by atoms with Crippen LogP contribution in [0.5, 0.6) is 0 Å². The van der Waals surface area contributed by atoms with Crippen molar-refractivity contribution in [2.45, 2.75) is 46.0 Å². The summed E-state index contributed by atoms with van der Waals surface area (Å²) in [5, 5.41) is 5.77. The van der Waals surface area contributed by atoms with Crippen LogP contribution in [0.15, 0.2) is 41.9 Å². The second kappa shape index (κ2) is 7.13. The van der Waals surface area contributed by atoms with Crippen LogP contribution in [0.2, 0.25) is 0 Å². The first-order valence-corrected chi connectivity index (χ1v) is 9.40. The van der Waals surface area contributed by atoms with Crippen molar-refractivity contribution < 1.29 is 23.8 Å². The monoisotopic (exact) mass is 388 g/mol. The molecule has 0 aromatic heterocycles. The van der Waals surface area contributed by atoms with Crippen molar-refractivity contribution in [3.05, 3.63) is 47.4 Å². The maximum atomic E-state index is 12.4. The highest BCUT2D eigenvalue weighted by molar-refractivity contribution is 5.94. The molecule has 1 atom stereocenters. The van der Waals surface area contributed by atoms with Crippen molar-refractivity contribution in [2.75, 3.05) is 19.7 Å². The standard InChI is InChI=1S/C21H28N2O5/c1-19(2,3)18(25)22-11-15-16-21(13-26-15,28-20(4,5)27-16)12-23-17(24)14-9-7-6-8-10-14/h6-10H,11-13H2,1-5H3,(H,22,25)(H,23,24)/t21-/m0/s1. The van der Waals surface area contributed by atoms with Crippen molar-refractivity contribution in [3.8, 4) is 0 Å². The lowest BCUT2D eigenvalue weighted by atomic mass is 9.96. The van der Waals surface area contributed by atoms with Gasteiger partial charge < -0.3 is 24.8 Å². The molecule has 0 bridgehead atoms. The van der Waals surface area contributed by atoms with E-state index in [1.807, 2.05) is 52.8 Å². The van der Waals surface area contributed by atoms with Crippen LogP contribution in [0.3, 0.4) is 0 Å². The molecule has 1 aromatic rings. The lowest BCUT2D eigenvalue weighted by molar-refractivity contribution is -0.170. The summed E-state index contributed by atoms with van der Waals surface area (Å²) in [6.07, 6.45) is 0. The summed E-state index contributed by atoms with van der Waals surface area (Å²) in [4.78, 5) is 24.6. The number of hydrogen-bond donors (Lipinski definition) is 2. The number of fused-ring (bicyclic) bond motifs is 1. The molecular formula is C21H28N2O5. The van der Waals surface area contributed by atoms with E-state index in [-0.39, 0.29) is 31.5 Å². The Morgan fingerprint density at radius 1 is 1.11 bits per heavy atom. The largest absolute Gasteiger partial charge is 0.489 e. The number of carbonyl (C=O) groups is 2. The second-order valence-electron chi connectivity index (χ2n) is 8.62. The molecule has 1 fully saturated rings. The molecule has 7 nitrogen and oxygen atoms in total. The van der Waals surface area contributed by atoms with Gasteiger partial charge >= 0.3 is 0 Å². The average Bonchev–Trinajstić information content (AvgIpc) is 3.08. The van der Waals surface area contributed by atoms with E-state index in [2.05, 4.69) is 10.6 Å². The molecule has 2 aliphatic heterocycles. The first-order chi connectivity index (χ1) is 13.0. The van der Waals surface area contributed by atoms with Crippen LogP contribution in [-0.4, -0.2) is 42.9 Å². The van der Waals surface area contributed by atoms with Crippen molar-refractivity contribution in [1.29, 1.82) is 0 Å². The Bertz CT molecular complexity index is 795. The van der Waals surface area contributed by atoms with E-state index in [1.165, 1.54) is 0 Å². The summed E-state index contributed by atoms with van der Waals surface area (Å²) < 4.78 is 17.9. The summed E-state index contributed by atoms with van der Waals surface area (Å²) >= 11 is 0. The number of ether oxygens (including phenoxy) is 3. The van der Waals surface area contributed by atoms with E-state index in [0.717, 1.165) is 0 Å². The Hall–Kier alpha value is -2.54. The molecule has 28 heavy (non-hydrogen) atoms. The Morgan fingerprint density at radius 3 is 2.43 bits per heavy atom. The van der Waals surface area contributed by atoms with E-state index in [9.17, 15) is 9.59 Å². The number of nitrogens with one attached hydrogen (secondary N) is 2. The van der Waals surface area contributed by atoms with Crippen LogP contribution >= 0.6 is 0 Å². The van der Waals surface area contributed by atoms with Gasteiger partial charge in [-0.1, -0.05) is 39.0 Å². The molecule has 0 spiro atoms. The smallest absolute Gasteiger partial charge is 0.251 e. The first kappa shape index (κ1) is 20.2. The fraction of sp³-hybridized carbons (Fsp3) is 0.524. The topological polar surface area (TPSA) is 85.9 Å². The van der Waals surface area contributed by atoms with E-state index < -0.39 is 16.8 Å². The highest BCUT2D eigenvalue weighted by Gasteiger charge is 2.56. The van der Waals surface area contributed by atoms with E-state index in [4.69, 9.17) is 14.2 Å². The molecule has 1 aromatic carbocycles. The van der Waals surface area contributed by atoms with Gasteiger partial charge in [0, 0.05) is 24.8 Å². The van der Waals surface area contributed by atoms with Crippen LogP contribution in [0.4, 0.5) is 0 Å². The third kappa shape index (κ3) is 4.14. The maximum absolute atomic E-state index is 12.4. The summed E-state index contributed by atoms with van der Waals surface area (Å²) in [7, 11) is 0. The molecule has 7 heteroatoms. The fourth-order valence-electron chi connectivity index (χ4n) is 3.19. The number of hydrogen-bond acceptors (Lipinski definition) is 5. The van der Waals surface area contributed by atoms with E-state index in [0.29, 0.717) is 17.1 Å². The second-order valence-corrected chi connectivity index (χ2v) is 8.62. The van der Waals surface area contributed by atoms with Gasteiger partial charge in [-0.3, -0.25) is 9.59 Å². The third-order valence-corrected chi connectivity index (χ3v) is 4.60. The van der Waals surface area contributed by atoms with Gasteiger partial charge in [-0.05, 0) is 12.1 Å². The van der Waals surface area contributed by atoms with Gasteiger partial charge in [0.05, 0.1) is 13.1 Å². The van der Waals surface area contributed by atoms with Crippen LogP contribution in [0, 0.1) is 5.41 Å². The van der Waals surface area contributed by atoms with Gasteiger partial charge in [0.25, 0.3) is 5.91 Å². The summed E-state index contributed by atoms with van der Waals surface area (Å²) in [5.74, 6) is -0.0813. The molecular weight excluding hydrogens is 360 g/mol. The number of rotatable bonds is 5. The van der Waals surface area contributed by atoms with Crippen LogP contribution < -0.4 is 10.6 Å². The average molecular weight is 388 g/mol. The normalized spacial score (nSPS) is 22.9. The first-order valence-electron chi connectivity index (χ1n) is 9.40. The Labute approximate surface area is 165 Å². The molecule has 3 rings (SSSR count). The van der Waals surface area contributed by atoms with Crippen molar-refractivity contribution >= 4 is 11.8 Å². The van der Waals surface area contributed by atoms with E-state index in [1.54, 1.807) is 12.1 Å². The lowest BCUT2D eigenvalue weighted by Crippen LogP contribution is -2.46. The van der Waals surface area contributed by atoms with Crippen molar-refractivity contribution in [1.82, 2.24) is 10.6 Å². The molecule has 2 amide bonds. The highest BCUT2D eigenvalue weighted by atomic mass is 16.8. The van der Waals surface area contributed by atoms with Gasteiger partial charge in [0.15, 0.2) is 17.1 Å². The van der Waals surface area contributed by atoms with Gasteiger partial charge in [-0.2, -0.15) is 0 Å². The molecule has 0 unspecified atom stereocenters. The summed E-state index contributed by atoms with van der Waals surface area (Å²) in [6.45, 7) is 9.78. The highest BCUT2D eigenvalue weighted by Crippen LogP contribution is 2.45. The Morgan fingerprint density at radius 2 is 1.79 bits per heavy atom. The molecule has 2 heterocycles. The minimum atomic E-state index is -0.907. The third-order valence-electron chi connectivity index (χ3n) is 4.60. The van der Waals surface area contributed by atoms with Gasteiger partial charge in [-0.25, -0.2) is 0 Å². The van der Waals surface area contributed by atoms with Crippen LogP contribution in [0.1, 0.15) is 45.0 Å². The zero-order chi connectivity index (χ0) is 20.6. The molecule has 0 aliphatic carbocycles. The van der Waals surface area contributed by atoms with Crippen molar-refractivity contribution in [3.63, 3.8) is 0 Å². The number of amides is 2. The summed E-state index contributed by atoms with van der Waals surface area (Å²) in [6, 6.07) is 8.98. The predicted molar refractivity (Wildman–Crippen MR) is 103 cm³/mol. The SMILES string of the molecule is CC1(C)OC2=C(CNC(=O)C(C)(C)C)OC[C@]2(CNC(=O)c2ccccc2)O1. The molecule has 0 radical (unpaired) electrons. The Balaban J connectivity index is 1.74. The minimum absolute atomic E-state index is 0.0859. The summed E-state index contributed by atoms with van der Waals surface area (Å²) in [5.41, 5.74) is -0.841. The minimum Gasteiger partial charge on any atom is -0.489 e. The number of carbonyl (C=O) groups excluding carboxylic acids is 2. The van der Waals surface area contributed by atoms with Crippen LogP contribution in [0.25, 0.3) is 0 Å². The van der Waals surface area contributed by atoms with Gasteiger partial charge in [0.2, 0.25) is 11.7 Å². The number of benzene rings is 1. The van der Waals surface area contributed by atoms with Gasteiger partial charge in [0.1, 0.15) is 6.61 Å². The molecule has 1 saturated heterocycles. The molecule has 152 valence electrons. The quantitative estimate of drug-likeness (QED) is 0.809.